The minimum atomic E-state index is -0.620. The lowest BCUT2D eigenvalue weighted by Crippen LogP contribution is -2.31. The number of rotatable bonds is 6. The predicted molar refractivity (Wildman–Crippen MR) is 115 cm³/mol. The van der Waals surface area contributed by atoms with Gasteiger partial charge in [-0.1, -0.05) is 24.3 Å². The summed E-state index contributed by atoms with van der Waals surface area (Å²) in [5, 5.41) is 3.74. The Hall–Kier alpha value is -3.39. The quantitative estimate of drug-likeness (QED) is 0.480. The Morgan fingerprint density at radius 3 is 2.61 bits per heavy atom. The monoisotopic (exact) mass is 438 g/mol. The van der Waals surface area contributed by atoms with Crippen molar-refractivity contribution in [3.63, 3.8) is 0 Å². The van der Waals surface area contributed by atoms with E-state index in [1.54, 1.807) is 48.1 Å². The second-order valence-electron chi connectivity index (χ2n) is 7.18. The van der Waals surface area contributed by atoms with Crippen molar-refractivity contribution >= 4 is 17.2 Å². The molecule has 0 radical (unpaired) electrons. The third-order valence-electron chi connectivity index (χ3n) is 4.89. The number of nitrogens with one attached hydrogen (secondary N) is 1. The molecule has 4 aromatic rings. The fourth-order valence-corrected chi connectivity index (χ4v) is 4.35. The van der Waals surface area contributed by atoms with E-state index in [0.717, 1.165) is 10.6 Å². The fraction of sp³-hybridized carbons (Fsp3) is 0.174. The number of amides is 1. The summed E-state index contributed by atoms with van der Waals surface area (Å²) in [6.45, 7) is 1.78. The van der Waals surface area contributed by atoms with Crippen molar-refractivity contribution in [2.75, 3.05) is 0 Å². The number of halogens is 2. The second-order valence-corrected chi connectivity index (χ2v) is 8.27. The Morgan fingerprint density at radius 1 is 1.16 bits per heavy atom. The van der Waals surface area contributed by atoms with E-state index in [4.69, 9.17) is 0 Å². The van der Waals surface area contributed by atoms with E-state index in [1.165, 1.54) is 35.6 Å². The van der Waals surface area contributed by atoms with Gasteiger partial charge in [-0.2, -0.15) is 0 Å². The van der Waals surface area contributed by atoms with E-state index in [9.17, 15) is 13.6 Å². The van der Waals surface area contributed by atoms with Gasteiger partial charge in [-0.05, 0) is 42.3 Å². The van der Waals surface area contributed by atoms with Crippen LogP contribution < -0.4 is 5.32 Å². The van der Waals surface area contributed by atoms with Gasteiger partial charge in [0.05, 0.1) is 10.7 Å². The van der Waals surface area contributed by atoms with Crippen LogP contribution in [-0.4, -0.2) is 20.4 Å². The number of thiazole rings is 1. The molecule has 1 amide bonds. The first-order chi connectivity index (χ1) is 14.9. The van der Waals surface area contributed by atoms with Crippen LogP contribution in [0.3, 0.4) is 0 Å². The molecular formula is C23H20F2N4OS. The van der Waals surface area contributed by atoms with Crippen molar-refractivity contribution in [3.8, 4) is 0 Å². The summed E-state index contributed by atoms with van der Waals surface area (Å²) in [5.74, 6) is -0.399. The van der Waals surface area contributed by atoms with E-state index in [1.807, 2.05) is 7.05 Å². The largest absolute Gasteiger partial charge is 0.337 e. The predicted octanol–water partition coefficient (Wildman–Crippen LogP) is 4.57. The standard InChI is InChI=1S/C23H20F2N4OS/c1-14-21(31-19(27-14)12-15-6-8-17(24)9-7-15)23(30)28-20(22-26-10-11-29(22)2)16-4-3-5-18(25)13-16/h3-11,13,20H,12H2,1-2H3,(H,28,30). The molecule has 1 atom stereocenters. The maximum atomic E-state index is 13.9. The van der Waals surface area contributed by atoms with E-state index >= 15 is 0 Å². The van der Waals surface area contributed by atoms with Crippen LogP contribution in [0.5, 0.6) is 0 Å². The molecule has 4 rings (SSSR count). The maximum Gasteiger partial charge on any atom is 0.264 e. The molecule has 1 unspecified atom stereocenters. The number of hydrogen-bond acceptors (Lipinski definition) is 4. The highest BCUT2D eigenvalue weighted by Gasteiger charge is 2.24. The first-order valence-corrected chi connectivity index (χ1v) is 10.5. The van der Waals surface area contributed by atoms with Crippen molar-refractivity contribution in [3.05, 3.63) is 105 Å². The molecule has 0 aliphatic heterocycles. The van der Waals surface area contributed by atoms with Crippen LogP contribution in [0.2, 0.25) is 0 Å². The number of imidazole rings is 1. The Morgan fingerprint density at radius 2 is 1.94 bits per heavy atom. The third kappa shape index (κ3) is 4.69. The Bertz CT molecular complexity index is 1220. The SMILES string of the molecule is Cc1nc(Cc2ccc(F)cc2)sc1C(=O)NC(c1cccc(F)c1)c1nccn1C. The lowest BCUT2D eigenvalue weighted by molar-refractivity contribution is 0.0944. The summed E-state index contributed by atoms with van der Waals surface area (Å²) < 4.78 is 28.8. The smallest absolute Gasteiger partial charge is 0.264 e. The van der Waals surface area contributed by atoms with Gasteiger partial charge in [0.2, 0.25) is 0 Å². The zero-order valence-corrected chi connectivity index (χ0v) is 17.8. The van der Waals surface area contributed by atoms with Gasteiger partial charge in [0.25, 0.3) is 5.91 Å². The molecule has 2 heterocycles. The van der Waals surface area contributed by atoms with E-state index in [0.29, 0.717) is 28.4 Å². The van der Waals surface area contributed by atoms with Crippen LogP contribution in [0.15, 0.2) is 60.9 Å². The fourth-order valence-electron chi connectivity index (χ4n) is 3.35. The van der Waals surface area contributed by atoms with Crippen LogP contribution in [0, 0.1) is 18.6 Å². The first-order valence-electron chi connectivity index (χ1n) is 9.65. The molecule has 0 saturated carbocycles. The van der Waals surface area contributed by atoms with Gasteiger partial charge in [0, 0.05) is 25.9 Å². The van der Waals surface area contributed by atoms with Gasteiger partial charge in [-0.25, -0.2) is 18.7 Å². The molecule has 2 aromatic carbocycles. The molecule has 0 bridgehead atoms. The Balaban J connectivity index is 1.60. The zero-order valence-electron chi connectivity index (χ0n) is 17.0. The summed E-state index contributed by atoms with van der Waals surface area (Å²) in [4.78, 5) is 22.5. The topological polar surface area (TPSA) is 59.8 Å². The average molecular weight is 439 g/mol. The summed E-state index contributed by atoms with van der Waals surface area (Å²) in [5.41, 5.74) is 2.11. The number of aromatic nitrogens is 3. The minimum absolute atomic E-state index is 0.295. The number of carbonyl (C=O) groups is 1. The van der Waals surface area contributed by atoms with Gasteiger partial charge in [-0.3, -0.25) is 4.79 Å². The first kappa shape index (κ1) is 20.9. The van der Waals surface area contributed by atoms with E-state index in [-0.39, 0.29) is 17.5 Å². The molecule has 8 heteroatoms. The highest BCUT2D eigenvalue weighted by molar-refractivity contribution is 7.13. The summed E-state index contributed by atoms with van der Waals surface area (Å²) in [6, 6.07) is 11.7. The molecule has 1 N–H and O–H groups in total. The average Bonchev–Trinajstić information content (AvgIpc) is 3.33. The lowest BCUT2D eigenvalue weighted by Gasteiger charge is -2.19. The van der Waals surface area contributed by atoms with Crippen LogP contribution >= 0.6 is 11.3 Å². The molecule has 5 nitrogen and oxygen atoms in total. The number of benzene rings is 2. The second kappa shape index (κ2) is 8.77. The van der Waals surface area contributed by atoms with Crippen LogP contribution in [0.25, 0.3) is 0 Å². The molecule has 31 heavy (non-hydrogen) atoms. The van der Waals surface area contributed by atoms with Crippen LogP contribution in [0.4, 0.5) is 8.78 Å². The molecule has 0 aliphatic carbocycles. The molecule has 0 fully saturated rings. The molecule has 0 saturated heterocycles. The Labute approximate surface area is 182 Å². The highest BCUT2D eigenvalue weighted by atomic mass is 32.1. The van der Waals surface area contributed by atoms with Gasteiger partial charge < -0.3 is 9.88 Å². The maximum absolute atomic E-state index is 13.9. The lowest BCUT2D eigenvalue weighted by atomic mass is 10.1. The van der Waals surface area contributed by atoms with Crippen molar-refractivity contribution in [1.29, 1.82) is 0 Å². The number of aryl methyl sites for hydroxylation is 2. The Kier molecular flexibility index (Phi) is 5.90. The zero-order chi connectivity index (χ0) is 22.0. The van der Waals surface area contributed by atoms with Gasteiger partial charge in [0.1, 0.15) is 28.4 Å². The number of nitrogens with zero attached hydrogens (tertiary/aromatic N) is 3. The molecule has 158 valence electrons. The summed E-state index contributed by atoms with van der Waals surface area (Å²) in [6.07, 6.45) is 3.91. The van der Waals surface area contributed by atoms with Crippen molar-refractivity contribution in [2.45, 2.75) is 19.4 Å². The molecule has 0 aliphatic rings. The normalized spacial score (nSPS) is 12.0. The van der Waals surface area contributed by atoms with Crippen molar-refractivity contribution < 1.29 is 13.6 Å². The highest BCUT2D eigenvalue weighted by Crippen LogP contribution is 2.25. The van der Waals surface area contributed by atoms with E-state index in [2.05, 4.69) is 15.3 Å². The van der Waals surface area contributed by atoms with Gasteiger partial charge in [0.15, 0.2) is 0 Å². The minimum Gasteiger partial charge on any atom is -0.337 e. The van der Waals surface area contributed by atoms with Gasteiger partial charge >= 0.3 is 0 Å². The van der Waals surface area contributed by atoms with Crippen LogP contribution in [0.1, 0.15) is 43.4 Å². The summed E-state index contributed by atoms with van der Waals surface area (Å²) in [7, 11) is 1.82. The van der Waals surface area contributed by atoms with E-state index < -0.39 is 6.04 Å². The number of hydrogen-bond donors (Lipinski definition) is 1. The van der Waals surface area contributed by atoms with Gasteiger partial charge in [-0.15, -0.1) is 11.3 Å². The summed E-state index contributed by atoms with van der Waals surface area (Å²) >= 11 is 1.29. The van der Waals surface area contributed by atoms with Crippen LogP contribution in [-0.2, 0) is 13.5 Å². The molecule has 2 aromatic heterocycles. The molecule has 0 spiro atoms. The number of carbonyl (C=O) groups excluding carboxylic acids is 1. The van der Waals surface area contributed by atoms with Crippen molar-refractivity contribution in [1.82, 2.24) is 19.9 Å². The molecular weight excluding hydrogens is 418 g/mol. The third-order valence-corrected chi connectivity index (χ3v) is 6.05. The van der Waals surface area contributed by atoms with Crippen molar-refractivity contribution in [2.24, 2.45) is 7.05 Å².